The van der Waals surface area contributed by atoms with Crippen molar-refractivity contribution in [1.82, 2.24) is 20.8 Å². The molecule has 2 N–H and O–H groups in total. The monoisotopic (exact) mass is 332 g/mol. The second-order valence-electron chi connectivity index (χ2n) is 5.45. The lowest BCUT2D eigenvalue weighted by molar-refractivity contribution is 0.0800. The summed E-state index contributed by atoms with van der Waals surface area (Å²) in [5.74, 6) is 1.58. The third-order valence-electron chi connectivity index (χ3n) is 3.77. The van der Waals surface area contributed by atoms with Gasteiger partial charge >= 0.3 is 6.03 Å². The third kappa shape index (κ3) is 4.23. The van der Waals surface area contributed by atoms with E-state index in [4.69, 9.17) is 14.0 Å². The van der Waals surface area contributed by atoms with Crippen LogP contribution < -0.4 is 15.4 Å². The smallest absolute Gasteiger partial charge is 0.315 e. The molecule has 1 aromatic heterocycles. The maximum absolute atomic E-state index is 11.9. The van der Waals surface area contributed by atoms with Gasteiger partial charge in [-0.2, -0.15) is 4.98 Å². The minimum atomic E-state index is -0.244. The van der Waals surface area contributed by atoms with Gasteiger partial charge in [-0.3, -0.25) is 0 Å². The van der Waals surface area contributed by atoms with Crippen molar-refractivity contribution in [3.05, 3.63) is 30.2 Å². The van der Waals surface area contributed by atoms with E-state index >= 15 is 0 Å². The Bertz CT molecular complexity index is 665. The van der Waals surface area contributed by atoms with Crippen molar-refractivity contribution in [2.45, 2.75) is 25.4 Å². The number of aromatic nitrogens is 2. The number of hydrogen-bond acceptors (Lipinski definition) is 6. The van der Waals surface area contributed by atoms with Crippen LogP contribution in [-0.4, -0.2) is 42.5 Å². The molecule has 8 heteroatoms. The molecule has 1 saturated heterocycles. The zero-order chi connectivity index (χ0) is 16.8. The average molecular weight is 332 g/mol. The lowest BCUT2D eigenvalue weighted by Gasteiger charge is -2.22. The molecular weight excluding hydrogens is 312 g/mol. The summed E-state index contributed by atoms with van der Waals surface area (Å²) in [5, 5.41) is 9.55. The van der Waals surface area contributed by atoms with Crippen LogP contribution in [0.15, 0.2) is 28.8 Å². The van der Waals surface area contributed by atoms with E-state index in [0.29, 0.717) is 24.9 Å². The Morgan fingerprint density at radius 3 is 2.75 bits per heavy atom. The van der Waals surface area contributed by atoms with E-state index in [1.165, 1.54) is 0 Å². The van der Waals surface area contributed by atoms with Crippen molar-refractivity contribution in [2.75, 3.05) is 20.3 Å². The predicted octanol–water partition coefficient (Wildman–Crippen LogP) is 1.72. The quantitative estimate of drug-likeness (QED) is 0.865. The molecule has 3 rings (SSSR count). The number of carbonyl (C=O) groups is 1. The second-order valence-corrected chi connectivity index (χ2v) is 5.45. The van der Waals surface area contributed by atoms with Crippen LogP contribution in [0, 0.1) is 0 Å². The minimum absolute atomic E-state index is 0.149. The van der Waals surface area contributed by atoms with Gasteiger partial charge in [0.2, 0.25) is 11.7 Å². The van der Waals surface area contributed by atoms with Crippen LogP contribution in [0.25, 0.3) is 11.4 Å². The van der Waals surface area contributed by atoms with Crippen molar-refractivity contribution in [2.24, 2.45) is 0 Å². The van der Waals surface area contributed by atoms with Gasteiger partial charge in [0.15, 0.2) is 0 Å². The molecule has 0 bridgehead atoms. The first-order valence-electron chi connectivity index (χ1n) is 7.84. The summed E-state index contributed by atoms with van der Waals surface area (Å²) in [5.41, 5.74) is 0.817. The number of carbonyl (C=O) groups excluding carboxylic acids is 1. The van der Waals surface area contributed by atoms with Crippen molar-refractivity contribution in [3.63, 3.8) is 0 Å². The Morgan fingerprint density at radius 1 is 1.29 bits per heavy atom. The van der Waals surface area contributed by atoms with Crippen LogP contribution in [-0.2, 0) is 11.3 Å². The topological polar surface area (TPSA) is 98.5 Å². The first kappa shape index (κ1) is 16.3. The van der Waals surface area contributed by atoms with Crippen LogP contribution in [0.1, 0.15) is 18.7 Å². The van der Waals surface area contributed by atoms with Gasteiger partial charge in [0.1, 0.15) is 5.75 Å². The predicted molar refractivity (Wildman–Crippen MR) is 85.5 cm³/mol. The van der Waals surface area contributed by atoms with Gasteiger partial charge in [0.05, 0.1) is 13.7 Å². The van der Waals surface area contributed by atoms with Gasteiger partial charge in [-0.1, -0.05) is 5.16 Å². The number of rotatable bonds is 5. The van der Waals surface area contributed by atoms with Crippen LogP contribution >= 0.6 is 0 Å². The number of benzene rings is 1. The summed E-state index contributed by atoms with van der Waals surface area (Å²) in [4.78, 5) is 16.1. The Kier molecular flexibility index (Phi) is 5.27. The van der Waals surface area contributed by atoms with Gasteiger partial charge < -0.3 is 24.6 Å². The number of ether oxygens (including phenoxy) is 2. The van der Waals surface area contributed by atoms with Crippen LogP contribution in [0.4, 0.5) is 4.79 Å². The number of nitrogens with zero attached hydrogens (tertiary/aromatic N) is 2. The Morgan fingerprint density at radius 2 is 2.04 bits per heavy atom. The number of nitrogens with one attached hydrogen (secondary N) is 2. The molecular formula is C16H20N4O4. The van der Waals surface area contributed by atoms with Gasteiger partial charge in [0.25, 0.3) is 0 Å². The molecule has 0 atom stereocenters. The summed E-state index contributed by atoms with van der Waals surface area (Å²) in [6.45, 7) is 1.54. The summed E-state index contributed by atoms with van der Waals surface area (Å²) >= 11 is 0. The molecule has 2 heterocycles. The number of urea groups is 1. The van der Waals surface area contributed by atoms with E-state index in [1.807, 2.05) is 24.3 Å². The van der Waals surface area contributed by atoms with E-state index in [9.17, 15) is 4.79 Å². The second kappa shape index (κ2) is 7.78. The highest BCUT2D eigenvalue weighted by molar-refractivity contribution is 5.74. The largest absolute Gasteiger partial charge is 0.497 e. The Balaban J connectivity index is 1.50. The molecule has 2 amide bonds. The Hall–Kier alpha value is -2.61. The van der Waals surface area contributed by atoms with Crippen molar-refractivity contribution in [3.8, 4) is 17.1 Å². The maximum atomic E-state index is 11.9. The fourth-order valence-corrected chi connectivity index (χ4v) is 2.42. The molecule has 1 aromatic carbocycles. The molecule has 1 fully saturated rings. The molecule has 0 radical (unpaired) electrons. The molecule has 2 aromatic rings. The standard InChI is InChI=1S/C16H20N4O4/c1-22-13-4-2-11(3-5-13)15-19-14(24-20-15)10-17-16(21)18-12-6-8-23-9-7-12/h2-5,12H,6-10H2,1H3,(H2,17,18,21). The van der Waals surface area contributed by atoms with Gasteiger partial charge in [-0.25, -0.2) is 4.79 Å². The van der Waals surface area contributed by atoms with E-state index in [2.05, 4.69) is 20.8 Å². The SMILES string of the molecule is COc1ccc(-c2noc(CNC(=O)NC3CCOCC3)n2)cc1. The van der Waals surface area contributed by atoms with Gasteiger partial charge in [-0.05, 0) is 37.1 Å². The summed E-state index contributed by atoms with van der Waals surface area (Å²) in [6.07, 6.45) is 1.66. The number of amides is 2. The lowest BCUT2D eigenvalue weighted by atomic mass is 10.1. The van der Waals surface area contributed by atoms with Gasteiger partial charge in [-0.15, -0.1) is 0 Å². The van der Waals surface area contributed by atoms with Crippen molar-refractivity contribution < 1.29 is 18.8 Å². The maximum Gasteiger partial charge on any atom is 0.315 e. The molecule has 1 aliphatic rings. The highest BCUT2D eigenvalue weighted by Gasteiger charge is 2.16. The third-order valence-corrected chi connectivity index (χ3v) is 3.77. The summed E-state index contributed by atoms with van der Waals surface area (Å²) in [6, 6.07) is 7.25. The van der Waals surface area contributed by atoms with E-state index in [0.717, 1.165) is 24.2 Å². The molecule has 0 aliphatic carbocycles. The highest BCUT2D eigenvalue weighted by Crippen LogP contribution is 2.19. The van der Waals surface area contributed by atoms with Gasteiger partial charge in [0, 0.05) is 24.8 Å². The van der Waals surface area contributed by atoms with Crippen molar-refractivity contribution in [1.29, 1.82) is 0 Å². The summed E-state index contributed by atoms with van der Waals surface area (Å²) in [7, 11) is 1.61. The average Bonchev–Trinajstić information content (AvgIpc) is 3.10. The normalized spacial score (nSPS) is 15.0. The first-order valence-corrected chi connectivity index (χ1v) is 7.84. The molecule has 0 saturated carbocycles. The molecule has 24 heavy (non-hydrogen) atoms. The van der Waals surface area contributed by atoms with Crippen LogP contribution in [0.2, 0.25) is 0 Å². The number of methoxy groups -OCH3 is 1. The minimum Gasteiger partial charge on any atom is -0.497 e. The summed E-state index contributed by atoms with van der Waals surface area (Å²) < 4.78 is 15.5. The van der Waals surface area contributed by atoms with E-state index < -0.39 is 0 Å². The van der Waals surface area contributed by atoms with Crippen molar-refractivity contribution >= 4 is 6.03 Å². The fraction of sp³-hybridized carbons (Fsp3) is 0.438. The zero-order valence-corrected chi connectivity index (χ0v) is 13.4. The molecule has 8 nitrogen and oxygen atoms in total. The van der Waals surface area contributed by atoms with Crippen LogP contribution in [0.5, 0.6) is 5.75 Å². The lowest BCUT2D eigenvalue weighted by Crippen LogP contribution is -2.44. The molecule has 0 unspecified atom stereocenters. The van der Waals surface area contributed by atoms with Crippen LogP contribution in [0.3, 0.4) is 0 Å². The fourth-order valence-electron chi connectivity index (χ4n) is 2.42. The molecule has 128 valence electrons. The first-order chi connectivity index (χ1) is 11.7. The van der Waals surface area contributed by atoms with E-state index in [1.54, 1.807) is 7.11 Å². The Labute approximate surface area is 139 Å². The number of hydrogen-bond donors (Lipinski definition) is 2. The zero-order valence-electron chi connectivity index (χ0n) is 13.4. The molecule has 0 spiro atoms. The highest BCUT2D eigenvalue weighted by atomic mass is 16.5. The van der Waals surface area contributed by atoms with E-state index in [-0.39, 0.29) is 18.6 Å². The molecule has 1 aliphatic heterocycles.